The van der Waals surface area contributed by atoms with Gasteiger partial charge in [-0.05, 0) is 53.6 Å². The van der Waals surface area contributed by atoms with Crippen molar-refractivity contribution in [3.63, 3.8) is 0 Å². The molecule has 0 saturated heterocycles. The van der Waals surface area contributed by atoms with Crippen LogP contribution in [-0.2, 0) is 4.74 Å². The van der Waals surface area contributed by atoms with Crippen LogP contribution in [-0.4, -0.2) is 41.7 Å². The molecule has 1 fully saturated rings. The van der Waals surface area contributed by atoms with Crippen molar-refractivity contribution in [3.8, 4) is 5.75 Å². The molecule has 2 heterocycles. The highest BCUT2D eigenvalue weighted by Gasteiger charge is 2.47. The van der Waals surface area contributed by atoms with Gasteiger partial charge in [-0.15, -0.1) is 0 Å². The predicted octanol–water partition coefficient (Wildman–Crippen LogP) is 4.80. The van der Waals surface area contributed by atoms with Crippen LogP contribution in [0.3, 0.4) is 0 Å². The lowest BCUT2D eigenvalue weighted by atomic mass is 9.87. The molecule has 2 aliphatic rings. The second-order valence-corrected chi connectivity index (χ2v) is 8.41. The van der Waals surface area contributed by atoms with Crippen molar-refractivity contribution in [2.24, 2.45) is 10.9 Å². The average Bonchev–Trinajstić information content (AvgIpc) is 3.52. The lowest BCUT2D eigenvalue weighted by molar-refractivity contribution is -0.153. The number of aromatic nitrogens is 1. The molecule has 3 rings (SSSR count). The first-order valence-electron chi connectivity index (χ1n) is 9.61. The SMILES string of the molecule is CCC1=C(C(C)(NC(=O)c2cc(OCC(F)(F)F)c(Br)cn2)C2CC2)N=C(C)OC1. The molecule has 1 aromatic heterocycles. The van der Waals surface area contributed by atoms with Crippen molar-refractivity contribution in [2.45, 2.75) is 51.7 Å². The van der Waals surface area contributed by atoms with Crippen molar-refractivity contribution in [1.29, 1.82) is 0 Å². The number of ether oxygens (including phenoxy) is 2. The Kier molecular flexibility index (Phi) is 6.45. The van der Waals surface area contributed by atoms with Crippen molar-refractivity contribution >= 4 is 27.7 Å². The van der Waals surface area contributed by atoms with Crippen LogP contribution in [0.4, 0.5) is 13.2 Å². The molecule has 0 aromatic carbocycles. The Bertz CT molecular complexity index is 897. The van der Waals surface area contributed by atoms with Crippen LogP contribution in [0.2, 0.25) is 0 Å². The van der Waals surface area contributed by atoms with Crippen LogP contribution in [0.5, 0.6) is 5.75 Å². The van der Waals surface area contributed by atoms with E-state index in [2.05, 4.69) is 31.2 Å². The quantitative estimate of drug-likeness (QED) is 0.597. The first-order chi connectivity index (χ1) is 14.0. The van der Waals surface area contributed by atoms with Crippen LogP contribution in [0.1, 0.15) is 50.5 Å². The maximum absolute atomic E-state index is 13.0. The maximum Gasteiger partial charge on any atom is 0.422 e. The molecule has 1 amide bonds. The minimum Gasteiger partial charge on any atom is -0.483 e. The van der Waals surface area contributed by atoms with Gasteiger partial charge < -0.3 is 14.8 Å². The van der Waals surface area contributed by atoms with Gasteiger partial charge in [0.1, 0.15) is 18.1 Å². The van der Waals surface area contributed by atoms with Gasteiger partial charge in [-0.2, -0.15) is 13.2 Å². The Labute approximate surface area is 181 Å². The van der Waals surface area contributed by atoms with E-state index in [0.29, 0.717) is 12.5 Å². The highest BCUT2D eigenvalue weighted by molar-refractivity contribution is 9.10. The molecule has 10 heteroatoms. The Morgan fingerprint density at radius 2 is 2.10 bits per heavy atom. The molecule has 30 heavy (non-hydrogen) atoms. The zero-order valence-electron chi connectivity index (χ0n) is 16.9. The Balaban J connectivity index is 1.87. The summed E-state index contributed by atoms with van der Waals surface area (Å²) < 4.78 is 48.1. The normalized spacial score (nSPS) is 19.0. The Hall–Kier alpha value is -2.10. The number of carbonyl (C=O) groups excluding carboxylic acids is 1. The maximum atomic E-state index is 13.0. The van der Waals surface area contributed by atoms with Gasteiger partial charge in [0.25, 0.3) is 5.91 Å². The van der Waals surface area contributed by atoms with Gasteiger partial charge in [0, 0.05) is 19.2 Å². The van der Waals surface area contributed by atoms with Crippen molar-refractivity contribution in [2.75, 3.05) is 13.2 Å². The summed E-state index contributed by atoms with van der Waals surface area (Å²) in [4.78, 5) is 21.6. The highest BCUT2D eigenvalue weighted by atomic mass is 79.9. The van der Waals surface area contributed by atoms with E-state index >= 15 is 0 Å². The summed E-state index contributed by atoms with van der Waals surface area (Å²) in [6.45, 7) is 4.66. The fourth-order valence-electron chi connectivity index (χ4n) is 3.41. The number of rotatable bonds is 7. The van der Waals surface area contributed by atoms with Crippen LogP contribution in [0, 0.1) is 5.92 Å². The van der Waals surface area contributed by atoms with Crippen molar-refractivity contribution < 1.29 is 27.4 Å². The van der Waals surface area contributed by atoms with Gasteiger partial charge in [0.15, 0.2) is 12.5 Å². The van der Waals surface area contributed by atoms with E-state index < -0.39 is 24.2 Å². The summed E-state index contributed by atoms with van der Waals surface area (Å²) in [7, 11) is 0. The number of pyridine rings is 1. The molecule has 0 bridgehead atoms. The van der Waals surface area contributed by atoms with Crippen LogP contribution in [0.15, 0.2) is 33.0 Å². The summed E-state index contributed by atoms with van der Waals surface area (Å²) in [6.07, 6.45) is -0.614. The summed E-state index contributed by atoms with van der Waals surface area (Å²) in [5.74, 6) is 0.141. The van der Waals surface area contributed by atoms with Gasteiger partial charge in [-0.1, -0.05) is 6.92 Å². The fraction of sp³-hybridized carbons (Fsp3) is 0.550. The summed E-state index contributed by atoms with van der Waals surface area (Å²) in [5.41, 5.74) is 1.03. The summed E-state index contributed by atoms with van der Waals surface area (Å²) in [6, 6.07) is 1.20. The van der Waals surface area contributed by atoms with Gasteiger partial charge in [-0.3, -0.25) is 4.79 Å². The minimum absolute atomic E-state index is 0.0336. The van der Waals surface area contributed by atoms with Gasteiger partial charge in [0.05, 0.1) is 15.7 Å². The molecular formula is C20H23BrF3N3O3. The first-order valence-corrected chi connectivity index (χ1v) is 10.4. The number of amides is 1. The average molecular weight is 490 g/mol. The molecule has 1 atom stereocenters. The second-order valence-electron chi connectivity index (χ2n) is 7.56. The number of hydrogen-bond donors (Lipinski definition) is 1. The van der Waals surface area contributed by atoms with E-state index in [9.17, 15) is 18.0 Å². The van der Waals surface area contributed by atoms with E-state index in [4.69, 9.17) is 9.47 Å². The molecular weight excluding hydrogens is 467 g/mol. The number of carbonyl (C=O) groups is 1. The first kappa shape index (κ1) is 22.6. The lowest BCUT2D eigenvalue weighted by Crippen LogP contribution is -2.50. The Morgan fingerprint density at radius 1 is 1.40 bits per heavy atom. The monoisotopic (exact) mass is 489 g/mol. The van der Waals surface area contributed by atoms with E-state index in [1.807, 2.05) is 13.8 Å². The van der Waals surface area contributed by atoms with Crippen LogP contribution >= 0.6 is 15.9 Å². The van der Waals surface area contributed by atoms with Gasteiger partial charge in [0.2, 0.25) is 0 Å². The molecule has 1 aromatic rings. The van der Waals surface area contributed by atoms with Crippen molar-refractivity contribution in [3.05, 3.63) is 33.7 Å². The highest BCUT2D eigenvalue weighted by Crippen LogP contribution is 2.46. The zero-order chi connectivity index (χ0) is 22.1. The van der Waals surface area contributed by atoms with E-state index in [-0.39, 0.29) is 21.8 Å². The Morgan fingerprint density at radius 3 is 2.70 bits per heavy atom. The fourth-order valence-corrected chi connectivity index (χ4v) is 3.74. The third-order valence-electron chi connectivity index (χ3n) is 5.19. The summed E-state index contributed by atoms with van der Waals surface area (Å²) in [5, 5.41) is 3.03. The smallest absolute Gasteiger partial charge is 0.422 e. The molecule has 1 unspecified atom stereocenters. The zero-order valence-corrected chi connectivity index (χ0v) is 18.5. The van der Waals surface area contributed by atoms with E-state index in [0.717, 1.165) is 30.5 Å². The number of halogens is 4. The number of hydrogen-bond acceptors (Lipinski definition) is 5. The second kappa shape index (κ2) is 8.56. The molecule has 0 spiro atoms. The molecule has 1 aliphatic heterocycles. The van der Waals surface area contributed by atoms with Crippen LogP contribution < -0.4 is 10.1 Å². The van der Waals surface area contributed by atoms with E-state index in [1.54, 1.807) is 6.92 Å². The molecule has 164 valence electrons. The standard InChI is InChI=1S/C20H23BrF3N3O3/c1-4-12-9-29-11(2)26-17(12)19(3,13-5-6-13)27-18(28)15-7-16(14(21)8-25-15)30-10-20(22,23)24/h7-8,13H,4-6,9-10H2,1-3H3,(H,27,28). The van der Waals surface area contributed by atoms with Gasteiger partial charge in [-0.25, -0.2) is 9.98 Å². The molecule has 6 nitrogen and oxygen atoms in total. The minimum atomic E-state index is -4.49. The van der Waals surface area contributed by atoms with Gasteiger partial charge >= 0.3 is 6.18 Å². The van der Waals surface area contributed by atoms with Crippen LogP contribution in [0.25, 0.3) is 0 Å². The third-order valence-corrected chi connectivity index (χ3v) is 5.78. The molecule has 0 radical (unpaired) electrons. The van der Waals surface area contributed by atoms with Crippen molar-refractivity contribution in [1.82, 2.24) is 10.3 Å². The number of aliphatic imine (C=N–C) groups is 1. The number of alkyl halides is 3. The third kappa shape index (κ3) is 5.14. The molecule has 1 N–H and O–H groups in total. The summed E-state index contributed by atoms with van der Waals surface area (Å²) >= 11 is 3.10. The lowest BCUT2D eigenvalue weighted by Gasteiger charge is -2.35. The number of nitrogens with zero attached hydrogens (tertiary/aromatic N) is 2. The topological polar surface area (TPSA) is 72.8 Å². The molecule has 1 saturated carbocycles. The number of nitrogens with one attached hydrogen (secondary N) is 1. The molecule has 1 aliphatic carbocycles. The predicted molar refractivity (Wildman–Crippen MR) is 108 cm³/mol. The largest absolute Gasteiger partial charge is 0.483 e. The van der Waals surface area contributed by atoms with E-state index in [1.165, 1.54) is 12.3 Å².